The lowest BCUT2D eigenvalue weighted by Gasteiger charge is -2.06. The topological polar surface area (TPSA) is 67.4 Å². The Balaban J connectivity index is 1.91. The van der Waals surface area contributed by atoms with Gasteiger partial charge in [-0.2, -0.15) is 0 Å². The number of carbonyl (C=O) groups excluding carboxylic acids is 2. The first-order chi connectivity index (χ1) is 12.1. The molecule has 0 unspecified atom stereocenters. The molecule has 130 valence electrons. The molecule has 0 aliphatic heterocycles. The van der Waals surface area contributed by atoms with Crippen LogP contribution in [0.5, 0.6) is 5.75 Å². The number of rotatable bonds is 7. The van der Waals surface area contributed by atoms with E-state index in [1.807, 2.05) is 43.3 Å². The van der Waals surface area contributed by atoms with Crippen LogP contribution in [0.2, 0.25) is 0 Å². The maximum absolute atomic E-state index is 12.0. The molecule has 0 spiro atoms. The second-order valence-corrected chi connectivity index (χ2v) is 5.30. The first-order valence-electron chi connectivity index (χ1n) is 8.12. The maximum Gasteiger partial charge on any atom is 0.251 e. The van der Waals surface area contributed by atoms with Crippen LogP contribution < -0.4 is 15.4 Å². The Hall–Kier alpha value is -3.08. The monoisotopic (exact) mass is 338 g/mol. The molecule has 0 saturated heterocycles. The molecule has 0 aromatic heterocycles. The lowest BCUT2D eigenvalue weighted by Crippen LogP contribution is -2.20. The molecule has 5 nitrogen and oxygen atoms in total. The SMILES string of the molecule is CCOc1ccccc1/C=C/C(=O)NCc1ccc(C(=O)NC)cc1. The summed E-state index contributed by atoms with van der Waals surface area (Å²) >= 11 is 0. The van der Waals surface area contributed by atoms with Crippen molar-refractivity contribution in [2.24, 2.45) is 0 Å². The van der Waals surface area contributed by atoms with Crippen molar-refractivity contribution in [2.75, 3.05) is 13.7 Å². The van der Waals surface area contributed by atoms with Gasteiger partial charge in [-0.05, 0) is 36.8 Å². The third-order valence-corrected chi connectivity index (χ3v) is 3.54. The normalized spacial score (nSPS) is 10.5. The fourth-order valence-electron chi connectivity index (χ4n) is 2.24. The summed E-state index contributed by atoms with van der Waals surface area (Å²) in [4.78, 5) is 23.5. The van der Waals surface area contributed by atoms with Crippen LogP contribution >= 0.6 is 0 Å². The van der Waals surface area contributed by atoms with E-state index in [2.05, 4.69) is 10.6 Å². The molecular formula is C20H22N2O3. The molecule has 0 heterocycles. The Morgan fingerprint density at radius 1 is 1.08 bits per heavy atom. The number of hydrogen-bond acceptors (Lipinski definition) is 3. The molecular weight excluding hydrogens is 316 g/mol. The van der Waals surface area contributed by atoms with E-state index in [9.17, 15) is 9.59 Å². The van der Waals surface area contributed by atoms with Crippen molar-refractivity contribution in [3.8, 4) is 5.75 Å². The standard InChI is InChI=1S/C20H22N2O3/c1-3-25-18-7-5-4-6-16(18)12-13-19(23)22-14-15-8-10-17(11-9-15)20(24)21-2/h4-13H,3,14H2,1-2H3,(H,21,24)(H,22,23)/b13-12+. The maximum atomic E-state index is 12.0. The highest BCUT2D eigenvalue weighted by Crippen LogP contribution is 2.19. The lowest BCUT2D eigenvalue weighted by atomic mass is 10.1. The summed E-state index contributed by atoms with van der Waals surface area (Å²) in [5.41, 5.74) is 2.36. The fraction of sp³-hybridized carbons (Fsp3) is 0.200. The molecule has 2 rings (SSSR count). The third kappa shape index (κ3) is 5.49. The molecule has 0 aliphatic rings. The average molecular weight is 338 g/mol. The first-order valence-corrected chi connectivity index (χ1v) is 8.12. The van der Waals surface area contributed by atoms with E-state index in [-0.39, 0.29) is 11.8 Å². The van der Waals surface area contributed by atoms with E-state index >= 15 is 0 Å². The zero-order valence-corrected chi connectivity index (χ0v) is 14.4. The number of nitrogens with one attached hydrogen (secondary N) is 2. The molecule has 2 aromatic carbocycles. The van der Waals surface area contributed by atoms with E-state index in [0.717, 1.165) is 16.9 Å². The molecule has 0 radical (unpaired) electrons. The third-order valence-electron chi connectivity index (χ3n) is 3.54. The number of hydrogen-bond donors (Lipinski definition) is 2. The fourth-order valence-corrected chi connectivity index (χ4v) is 2.24. The molecule has 2 amide bonds. The quantitative estimate of drug-likeness (QED) is 0.763. The van der Waals surface area contributed by atoms with Crippen LogP contribution in [0.1, 0.15) is 28.4 Å². The Labute approximate surface area is 147 Å². The number of amides is 2. The lowest BCUT2D eigenvalue weighted by molar-refractivity contribution is -0.116. The molecule has 0 atom stereocenters. The van der Waals surface area contributed by atoms with Crippen LogP contribution in [0.15, 0.2) is 54.6 Å². The summed E-state index contributed by atoms with van der Waals surface area (Å²) in [6.45, 7) is 2.88. The summed E-state index contributed by atoms with van der Waals surface area (Å²) < 4.78 is 5.52. The van der Waals surface area contributed by atoms with Gasteiger partial charge in [-0.15, -0.1) is 0 Å². The first kappa shape index (κ1) is 18.3. The highest BCUT2D eigenvalue weighted by atomic mass is 16.5. The molecule has 2 aromatic rings. The van der Waals surface area contributed by atoms with Gasteiger partial charge in [0.2, 0.25) is 5.91 Å². The van der Waals surface area contributed by atoms with E-state index in [4.69, 9.17) is 4.74 Å². The molecule has 0 aliphatic carbocycles. The van der Waals surface area contributed by atoms with Gasteiger partial charge in [-0.1, -0.05) is 30.3 Å². The number of ether oxygens (including phenoxy) is 1. The van der Waals surface area contributed by atoms with Crippen LogP contribution in [0, 0.1) is 0 Å². The summed E-state index contributed by atoms with van der Waals surface area (Å²) in [5, 5.41) is 5.38. The zero-order valence-electron chi connectivity index (χ0n) is 14.4. The van der Waals surface area contributed by atoms with Crippen LogP contribution in [-0.2, 0) is 11.3 Å². The van der Waals surface area contributed by atoms with Crippen molar-refractivity contribution < 1.29 is 14.3 Å². The number of carbonyl (C=O) groups is 2. The molecule has 0 fully saturated rings. The van der Waals surface area contributed by atoms with Crippen LogP contribution in [0.3, 0.4) is 0 Å². The summed E-state index contributed by atoms with van der Waals surface area (Å²) in [6.07, 6.45) is 3.21. The summed E-state index contributed by atoms with van der Waals surface area (Å²) in [7, 11) is 1.59. The van der Waals surface area contributed by atoms with Gasteiger partial charge in [0.25, 0.3) is 5.91 Å². The molecule has 25 heavy (non-hydrogen) atoms. The van der Waals surface area contributed by atoms with Crippen molar-refractivity contribution in [1.82, 2.24) is 10.6 Å². The highest BCUT2D eigenvalue weighted by Gasteiger charge is 2.03. The average Bonchev–Trinajstić information content (AvgIpc) is 2.65. The number of benzene rings is 2. The van der Waals surface area contributed by atoms with Crippen molar-refractivity contribution in [3.63, 3.8) is 0 Å². The Bertz CT molecular complexity index is 752. The largest absolute Gasteiger partial charge is 0.493 e. The predicted molar refractivity (Wildman–Crippen MR) is 98.3 cm³/mol. The summed E-state index contributed by atoms with van der Waals surface area (Å²) in [6, 6.07) is 14.7. The van der Waals surface area contributed by atoms with Gasteiger partial charge >= 0.3 is 0 Å². The van der Waals surface area contributed by atoms with Gasteiger partial charge in [-0.25, -0.2) is 0 Å². The van der Waals surface area contributed by atoms with Gasteiger partial charge < -0.3 is 15.4 Å². The van der Waals surface area contributed by atoms with Crippen LogP contribution in [-0.4, -0.2) is 25.5 Å². The van der Waals surface area contributed by atoms with Crippen molar-refractivity contribution in [3.05, 3.63) is 71.3 Å². The Kier molecular flexibility index (Phi) is 6.77. The van der Waals surface area contributed by atoms with E-state index in [1.165, 1.54) is 6.08 Å². The van der Waals surface area contributed by atoms with Gasteiger partial charge in [0.1, 0.15) is 5.75 Å². The Morgan fingerprint density at radius 3 is 2.48 bits per heavy atom. The van der Waals surface area contributed by atoms with E-state index in [0.29, 0.717) is 18.7 Å². The predicted octanol–water partition coefficient (Wildman–Crippen LogP) is 2.77. The van der Waals surface area contributed by atoms with Gasteiger partial charge in [0.15, 0.2) is 0 Å². The van der Waals surface area contributed by atoms with Gasteiger partial charge in [0.05, 0.1) is 6.61 Å². The van der Waals surface area contributed by atoms with Crippen LogP contribution in [0.4, 0.5) is 0 Å². The molecule has 0 bridgehead atoms. The second kappa shape index (κ2) is 9.27. The minimum absolute atomic E-state index is 0.133. The summed E-state index contributed by atoms with van der Waals surface area (Å²) in [5.74, 6) is 0.423. The minimum atomic E-state index is -0.193. The Morgan fingerprint density at radius 2 is 1.80 bits per heavy atom. The van der Waals surface area contributed by atoms with Gasteiger partial charge in [-0.3, -0.25) is 9.59 Å². The van der Waals surface area contributed by atoms with E-state index in [1.54, 1.807) is 25.3 Å². The highest BCUT2D eigenvalue weighted by molar-refractivity contribution is 5.94. The smallest absolute Gasteiger partial charge is 0.251 e. The zero-order chi connectivity index (χ0) is 18.1. The minimum Gasteiger partial charge on any atom is -0.493 e. The molecule has 2 N–H and O–H groups in total. The van der Waals surface area contributed by atoms with Crippen molar-refractivity contribution in [2.45, 2.75) is 13.5 Å². The second-order valence-electron chi connectivity index (χ2n) is 5.30. The van der Waals surface area contributed by atoms with Gasteiger partial charge in [0, 0.05) is 30.8 Å². The molecule has 0 saturated carbocycles. The van der Waals surface area contributed by atoms with Crippen LogP contribution in [0.25, 0.3) is 6.08 Å². The molecule has 5 heteroatoms. The van der Waals surface area contributed by atoms with Crippen molar-refractivity contribution in [1.29, 1.82) is 0 Å². The van der Waals surface area contributed by atoms with E-state index < -0.39 is 0 Å². The number of para-hydroxylation sites is 1. The van der Waals surface area contributed by atoms with Crippen molar-refractivity contribution >= 4 is 17.9 Å².